The first-order valence-corrected chi connectivity index (χ1v) is 6.01. The molecule has 1 saturated carbocycles. The van der Waals surface area contributed by atoms with Crippen molar-refractivity contribution in [2.75, 3.05) is 0 Å². The average molecular weight is 290 g/mol. The highest BCUT2D eigenvalue weighted by atomic mass is 127. The van der Waals surface area contributed by atoms with Crippen LogP contribution < -0.4 is 0 Å². The van der Waals surface area contributed by atoms with Gasteiger partial charge in [0.25, 0.3) is 0 Å². The maximum atomic E-state index is 4.31. The topological polar surface area (TPSA) is 17.8 Å². The SMILES string of the molecule is CC(Cn1cc(I)cn1)C1CCC1. The monoisotopic (exact) mass is 290 g/mol. The minimum Gasteiger partial charge on any atom is -0.271 e. The van der Waals surface area contributed by atoms with E-state index < -0.39 is 0 Å². The molecule has 1 aromatic rings. The fourth-order valence-electron chi connectivity index (χ4n) is 1.89. The van der Waals surface area contributed by atoms with Crippen molar-refractivity contribution in [1.82, 2.24) is 9.78 Å². The molecule has 1 aliphatic carbocycles. The van der Waals surface area contributed by atoms with Crippen molar-refractivity contribution in [3.8, 4) is 0 Å². The van der Waals surface area contributed by atoms with E-state index in [2.05, 4.69) is 45.5 Å². The molecule has 1 atom stereocenters. The summed E-state index contributed by atoms with van der Waals surface area (Å²) >= 11 is 2.30. The summed E-state index contributed by atoms with van der Waals surface area (Å²) in [5.74, 6) is 1.76. The van der Waals surface area contributed by atoms with E-state index in [1.54, 1.807) is 0 Å². The first kappa shape index (κ1) is 9.49. The van der Waals surface area contributed by atoms with Crippen LogP contribution in [0.25, 0.3) is 0 Å². The number of aromatic nitrogens is 2. The Labute approximate surface area is 92.8 Å². The van der Waals surface area contributed by atoms with Crippen LogP contribution in [0.2, 0.25) is 0 Å². The van der Waals surface area contributed by atoms with Gasteiger partial charge in [-0.15, -0.1) is 0 Å². The molecule has 0 saturated heterocycles. The van der Waals surface area contributed by atoms with Crippen molar-refractivity contribution >= 4 is 22.6 Å². The van der Waals surface area contributed by atoms with Gasteiger partial charge in [0.15, 0.2) is 0 Å². The summed E-state index contributed by atoms with van der Waals surface area (Å²) in [6.07, 6.45) is 8.34. The van der Waals surface area contributed by atoms with E-state index in [4.69, 9.17) is 0 Å². The zero-order chi connectivity index (χ0) is 9.26. The third-order valence-electron chi connectivity index (χ3n) is 3.03. The molecule has 1 heterocycles. The van der Waals surface area contributed by atoms with E-state index >= 15 is 0 Å². The Morgan fingerprint density at radius 2 is 2.46 bits per heavy atom. The summed E-state index contributed by atoms with van der Waals surface area (Å²) in [4.78, 5) is 0. The van der Waals surface area contributed by atoms with Crippen molar-refractivity contribution in [2.24, 2.45) is 11.8 Å². The Balaban J connectivity index is 1.89. The molecule has 2 nitrogen and oxygen atoms in total. The maximum absolute atomic E-state index is 4.31. The predicted molar refractivity (Wildman–Crippen MR) is 61.4 cm³/mol. The van der Waals surface area contributed by atoms with E-state index in [0.29, 0.717) is 0 Å². The normalized spacial score (nSPS) is 19.8. The minimum absolute atomic E-state index is 0.796. The van der Waals surface area contributed by atoms with Gasteiger partial charge in [0, 0.05) is 12.7 Å². The van der Waals surface area contributed by atoms with E-state index in [0.717, 1.165) is 18.4 Å². The van der Waals surface area contributed by atoms with Crippen LogP contribution >= 0.6 is 22.6 Å². The van der Waals surface area contributed by atoms with Gasteiger partial charge in [-0.2, -0.15) is 5.10 Å². The third kappa shape index (κ3) is 2.24. The molecule has 1 unspecified atom stereocenters. The molecule has 0 bridgehead atoms. The van der Waals surface area contributed by atoms with Gasteiger partial charge in [0.2, 0.25) is 0 Å². The molecule has 0 aromatic carbocycles. The molecule has 13 heavy (non-hydrogen) atoms. The molecule has 0 aliphatic heterocycles. The molecule has 1 fully saturated rings. The number of nitrogens with zero attached hydrogens (tertiary/aromatic N) is 2. The Morgan fingerprint density at radius 1 is 1.69 bits per heavy atom. The molecule has 0 N–H and O–H groups in total. The second-order valence-electron chi connectivity index (χ2n) is 4.05. The third-order valence-corrected chi connectivity index (χ3v) is 3.59. The highest BCUT2D eigenvalue weighted by Gasteiger charge is 2.23. The maximum Gasteiger partial charge on any atom is 0.0623 e. The van der Waals surface area contributed by atoms with Gasteiger partial charge in [-0.25, -0.2) is 0 Å². The molecule has 1 aromatic heterocycles. The van der Waals surface area contributed by atoms with Crippen LogP contribution in [0.3, 0.4) is 0 Å². The zero-order valence-corrected chi connectivity index (χ0v) is 10.1. The van der Waals surface area contributed by atoms with Crippen LogP contribution in [0.5, 0.6) is 0 Å². The smallest absolute Gasteiger partial charge is 0.0623 e. The Kier molecular flexibility index (Phi) is 2.91. The van der Waals surface area contributed by atoms with E-state index in [1.807, 2.05) is 6.20 Å². The second-order valence-corrected chi connectivity index (χ2v) is 5.29. The molecule has 0 amide bonds. The number of hydrogen-bond acceptors (Lipinski definition) is 1. The molecule has 72 valence electrons. The molecule has 1 aliphatic rings. The summed E-state index contributed by atoms with van der Waals surface area (Å²) in [5, 5.41) is 4.31. The lowest BCUT2D eigenvalue weighted by Gasteiger charge is -2.31. The summed E-state index contributed by atoms with van der Waals surface area (Å²) in [7, 11) is 0. The van der Waals surface area contributed by atoms with Crippen molar-refractivity contribution in [3.05, 3.63) is 16.0 Å². The van der Waals surface area contributed by atoms with Crippen LogP contribution in [0.15, 0.2) is 12.4 Å². The zero-order valence-electron chi connectivity index (χ0n) is 7.91. The molecule has 3 heteroatoms. The van der Waals surface area contributed by atoms with Gasteiger partial charge in [0.05, 0.1) is 9.77 Å². The van der Waals surface area contributed by atoms with Gasteiger partial charge < -0.3 is 0 Å². The fraction of sp³-hybridized carbons (Fsp3) is 0.700. The minimum atomic E-state index is 0.796. The van der Waals surface area contributed by atoms with Crippen LogP contribution in [0.1, 0.15) is 26.2 Å². The van der Waals surface area contributed by atoms with Crippen molar-refractivity contribution in [1.29, 1.82) is 0 Å². The molecule has 2 rings (SSSR count). The fourth-order valence-corrected chi connectivity index (χ4v) is 2.34. The van der Waals surface area contributed by atoms with E-state index in [9.17, 15) is 0 Å². The quantitative estimate of drug-likeness (QED) is 0.783. The summed E-state index contributed by atoms with van der Waals surface area (Å²) < 4.78 is 3.31. The Bertz CT molecular complexity index is 278. The van der Waals surface area contributed by atoms with Crippen LogP contribution in [-0.4, -0.2) is 9.78 Å². The van der Waals surface area contributed by atoms with E-state index in [-0.39, 0.29) is 0 Å². The van der Waals surface area contributed by atoms with Crippen LogP contribution in [-0.2, 0) is 6.54 Å². The lowest BCUT2D eigenvalue weighted by molar-refractivity contribution is 0.196. The lowest BCUT2D eigenvalue weighted by atomic mass is 9.77. The first-order valence-electron chi connectivity index (χ1n) is 4.93. The first-order chi connectivity index (χ1) is 6.25. The van der Waals surface area contributed by atoms with Crippen molar-refractivity contribution in [3.63, 3.8) is 0 Å². The van der Waals surface area contributed by atoms with Crippen molar-refractivity contribution < 1.29 is 0 Å². The van der Waals surface area contributed by atoms with Gasteiger partial charge in [-0.3, -0.25) is 4.68 Å². The Hall–Kier alpha value is -0.0600. The predicted octanol–water partition coefficient (Wildman–Crippen LogP) is 2.92. The molecule has 0 radical (unpaired) electrons. The van der Waals surface area contributed by atoms with Crippen molar-refractivity contribution in [2.45, 2.75) is 32.7 Å². The Morgan fingerprint density at radius 3 is 2.92 bits per heavy atom. The van der Waals surface area contributed by atoms with Crippen LogP contribution in [0, 0.1) is 15.4 Å². The highest BCUT2D eigenvalue weighted by Crippen LogP contribution is 2.33. The van der Waals surface area contributed by atoms with Gasteiger partial charge in [-0.05, 0) is 34.4 Å². The summed E-state index contributed by atoms with van der Waals surface area (Å²) in [6, 6.07) is 0. The second kappa shape index (κ2) is 3.98. The average Bonchev–Trinajstić information content (AvgIpc) is 2.31. The van der Waals surface area contributed by atoms with Gasteiger partial charge in [-0.1, -0.05) is 26.2 Å². The van der Waals surface area contributed by atoms with Crippen LogP contribution in [0.4, 0.5) is 0 Å². The van der Waals surface area contributed by atoms with E-state index in [1.165, 1.54) is 22.8 Å². The largest absolute Gasteiger partial charge is 0.271 e. The molecule has 0 spiro atoms. The molecular weight excluding hydrogens is 275 g/mol. The van der Waals surface area contributed by atoms with Gasteiger partial charge in [0.1, 0.15) is 0 Å². The standard InChI is InChI=1S/C10H15IN2/c1-8(9-3-2-4-9)6-13-7-10(11)5-12-13/h5,7-9H,2-4,6H2,1H3. The molecular formula is C10H15IN2. The number of hydrogen-bond donors (Lipinski definition) is 0. The number of halogens is 1. The highest BCUT2D eigenvalue weighted by molar-refractivity contribution is 14.1. The summed E-state index contributed by atoms with van der Waals surface area (Å²) in [6.45, 7) is 3.44. The summed E-state index contributed by atoms with van der Waals surface area (Å²) in [5.41, 5.74) is 0. The van der Waals surface area contributed by atoms with Gasteiger partial charge >= 0.3 is 0 Å². The lowest BCUT2D eigenvalue weighted by Crippen LogP contribution is -2.23. The number of rotatable bonds is 3.